The van der Waals surface area contributed by atoms with Crippen LogP contribution < -0.4 is 0 Å². The minimum Gasteiger partial charge on any atom is -0.507 e. The minimum absolute atomic E-state index is 0. The van der Waals surface area contributed by atoms with E-state index in [4.69, 9.17) is 0 Å². The fourth-order valence-electron chi connectivity index (χ4n) is 4.59. The molecular weight excluding hydrogens is 606 g/mol. The van der Waals surface area contributed by atoms with Crippen molar-refractivity contribution in [2.45, 2.75) is 117 Å². The molecule has 0 aliphatic rings. The van der Waals surface area contributed by atoms with Gasteiger partial charge in [-0.05, 0) is 55.0 Å². The number of aromatic hydroxyl groups is 2. The number of hydrogen-bond donors (Lipinski definition) is 4. The fraction of sp³-hybridized carbons (Fsp3) is 0.588. The topological polar surface area (TPSA) is 115 Å². The van der Waals surface area contributed by atoms with E-state index in [1.165, 1.54) is 0 Å². The van der Waals surface area contributed by atoms with Crippen LogP contribution in [0.3, 0.4) is 0 Å². The summed E-state index contributed by atoms with van der Waals surface area (Å²) in [5, 5.41) is 21.2. The van der Waals surface area contributed by atoms with Gasteiger partial charge in [-0.15, -0.1) is 12.3 Å². The molecule has 0 radical (unpaired) electrons. The normalized spacial score (nSPS) is 15.4. The van der Waals surface area contributed by atoms with E-state index in [0.29, 0.717) is 11.5 Å². The quantitative estimate of drug-likeness (QED) is 0.140. The summed E-state index contributed by atoms with van der Waals surface area (Å²) in [6.45, 7) is 31.4. The molecule has 2 atom stereocenters. The summed E-state index contributed by atoms with van der Waals surface area (Å²) in [7, 11) is -6.49. The maximum absolute atomic E-state index is 12.0. The monoisotopic (exact) mass is 662 g/mol. The van der Waals surface area contributed by atoms with Crippen molar-refractivity contribution in [3.8, 4) is 11.5 Å². The van der Waals surface area contributed by atoms with Gasteiger partial charge in [-0.3, -0.25) is 9.13 Å². The van der Waals surface area contributed by atoms with Crippen LogP contribution in [0.4, 0.5) is 0 Å². The number of hydrogen-bond acceptors (Lipinski definition) is 4. The maximum Gasteiger partial charge on any atom is 2.00 e. The van der Waals surface area contributed by atoms with Gasteiger partial charge in [-0.1, -0.05) is 107 Å². The Balaban J connectivity index is 0.000000802. The third-order valence-electron chi connectivity index (χ3n) is 7.13. The first-order chi connectivity index (χ1) is 18.6. The predicted octanol–water partition coefficient (Wildman–Crippen LogP) is 8.80. The van der Waals surface area contributed by atoms with Gasteiger partial charge in [0.25, 0.3) is 0 Å². The Labute approximate surface area is 292 Å². The Hall–Kier alpha value is -0.320. The van der Waals surface area contributed by atoms with E-state index >= 15 is 0 Å². The number of phenols is 2. The van der Waals surface area contributed by atoms with Crippen molar-refractivity contribution in [1.29, 1.82) is 0 Å². The van der Waals surface area contributed by atoms with Gasteiger partial charge in [-0.25, -0.2) is 0 Å². The average molecular weight is 663 g/mol. The third kappa shape index (κ3) is 12.8. The second kappa shape index (κ2) is 15.1. The van der Waals surface area contributed by atoms with E-state index in [-0.39, 0.29) is 84.0 Å². The van der Waals surface area contributed by atoms with Crippen LogP contribution in [-0.4, -0.2) is 70.1 Å². The van der Waals surface area contributed by atoms with Crippen LogP contribution in [0.1, 0.15) is 116 Å². The van der Waals surface area contributed by atoms with E-state index in [1.54, 1.807) is 0 Å². The van der Waals surface area contributed by atoms with Crippen LogP contribution >= 0.6 is 14.7 Å². The Morgan fingerprint density at radius 3 is 0.860 bits per heavy atom. The summed E-state index contributed by atoms with van der Waals surface area (Å²) in [6, 6.07) is 7.40. The molecule has 0 aliphatic carbocycles. The van der Waals surface area contributed by atoms with Gasteiger partial charge in [0.2, 0.25) is 0 Å². The molecule has 2 unspecified atom stereocenters. The number of rotatable bonds is 6. The molecular formula is C34H56CaO6P2. The Bertz CT molecular complexity index is 1170. The molecule has 0 aliphatic heterocycles. The first-order valence-corrected chi connectivity index (χ1v) is 18.6. The molecule has 2 aromatic carbocycles. The van der Waals surface area contributed by atoms with Crippen molar-refractivity contribution in [1.82, 2.24) is 0 Å². The molecule has 2 aromatic rings. The van der Waals surface area contributed by atoms with Gasteiger partial charge in [0, 0.05) is 12.3 Å². The molecule has 240 valence electrons. The number of phenolic OH excluding ortho intramolecular Hbond substituents is 2. The van der Waals surface area contributed by atoms with Crippen LogP contribution in [0.15, 0.2) is 24.3 Å². The molecule has 4 N–H and O–H groups in total. The van der Waals surface area contributed by atoms with Crippen LogP contribution in [0.25, 0.3) is 0 Å². The summed E-state index contributed by atoms with van der Waals surface area (Å²) >= 11 is 0. The molecule has 43 heavy (non-hydrogen) atoms. The van der Waals surface area contributed by atoms with Crippen molar-refractivity contribution in [3.63, 3.8) is 0 Å². The molecule has 6 nitrogen and oxygen atoms in total. The van der Waals surface area contributed by atoms with Crippen molar-refractivity contribution in [2.24, 2.45) is 0 Å². The van der Waals surface area contributed by atoms with E-state index in [0.717, 1.165) is 33.4 Å². The fourth-order valence-corrected chi connectivity index (χ4v) is 6.41. The van der Waals surface area contributed by atoms with E-state index < -0.39 is 14.7 Å². The largest absolute Gasteiger partial charge is 2.00 e. The molecule has 0 fully saturated rings. The summed E-state index contributed by atoms with van der Waals surface area (Å²) in [5.74, 6) is 0.585. The molecule has 0 amide bonds. The molecule has 0 bridgehead atoms. The zero-order valence-electron chi connectivity index (χ0n) is 28.8. The van der Waals surface area contributed by atoms with Gasteiger partial charge in [0.05, 0.1) is 0 Å². The van der Waals surface area contributed by atoms with E-state index in [2.05, 4.69) is 13.8 Å². The SMILES string of the molecule is [CH2-]CP(=O)(O)Cc1cc(C(C)(C)C)c(O)c(C(C)(C)C)c1.[CH2-]CP(=O)(O)Cc1cc(C(C)(C)C)c(O)c(C(C)(C)C)c1.[Ca+2]. The Kier molecular flexibility index (Phi) is 14.9. The summed E-state index contributed by atoms with van der Waals surface area (Å²) < 4.78 is 24.0. The summed E-state index contributed by atoms with van der Waals surface area (Å²) in [5.41, 5.74) is 3.90. The molecule has 0 saturated heterocycles. The second-order valence-electron chi connectivity index (χ2n) is 15.5. The van der Waals surface area contributed by atoms with Gasteiger partial charge < -0.3 is 33.8 Å². The van der Waals surface area contributed by atoms with Crippen LogP contribution in [0.2, 0.25) is 0 Å². The first kappa shape index (κ1) is 42.7. The van der Waals surface area contributed by atoms with Gasteiger partial charge in [0.1, 0.15) is 11.5 Å². The maximum atomic E-state index is 12.0. The van der Waals surface area contributed by atoms with Gasteiger partial charge in [-0.2, -0.15) is 0 Å². The number of benzene rings is 2. The first-order valence-electron chi connectivity index (χ1n) is 14.5. The van der Waals surface area contributed by atoms with Crippen LogP contribution in [0, 0.1) is 13.8 Å². The van der Waals surface area contributed by atoms with Gasteiger partial charge in [0.15, 0.2) is 14.7 Å². The summed E-state index contributed by atoms with van der Waals surface area (Å²) in [4.78, 5) is 19.7. The van der Waals surface area contributed by atoms with Crippen molar-refractivity contribution >= 4 is 52.5 Å². The van der Waals surface area contributed by atoms with Crippen molar-refractivity contribution in [2.75, 3.05) is 12.3 Å². The van der Waals surface area contributed by atoms with Crippen molar-refractivity contribution in [3.05, 3.63) is 71.5 Å². The second-order valence-corrected chi connectivity index (χ2v) is 20.4. The molecule has 2 rings (SSSR count). The predicted molar refractivity (Wildman–Crippen MR) is 184 cm³/mol. The standard InChI is InChI=1S/2C17H28O3P.Ca/c2*1-8-21(19,20)11-12-9-13(16(2,3)4)15(18)14(10-12)17(5,6)7;/h2*9-10,18H,1,8,11H2,2-7H3,(H,19,20);/q2*-1;+2. The molecule has 0 heterocycles. The molecule has 9 heteroatoms. The van der Waals surface area contributed by atoms with E-state index in [1.807, 2.05) is 107 Å². The van der Waals surface area contributed by atoms with Crippen LogP contribution in [0.5, 0.6) is 11.5 Å². The Morgan fingerprint density at radius 2 is 0.721 bits per heavy atom. The smallest absolute Gasteiger partial charge is 0.507 e. The minimum atomic E-state index is -3.25. The molecule has 0 aromatic heterocycles. The van der Waals surface area contributed by atoms with E-state index in [9.17, 15) is 29.1 Å². The van der Waals surface area contributed by atoms with Crippen molar-refractivity contribution < 1.29 is 29.1 Å². The zero-order chi connectivity index (χ0) is 33.3. The zero-order valence-corrected chi connectivity index (χ0v) is 32.8. The molecule has 0 spiro atoms. The summed E-state index contributed by atoms with van der Waals surface area (Å²) in [6.07, 6.45) is 0.235. The average Bonchev–Trinajstić information content (AvgIpc) is 2.78. The van der Waals surface area contributed by atoms with Gasteiger partial charge >= 0.3 is 37.7 Å². The Morgan fingerprint density at radius 1 is 0.535 bits per heavy atom. The third-order valence-corrected chi connectivity index (χ3v) is 10.2. The molecule has 0 saturated carbocycles. The van der Waals surface area contributed by atoms with Crippen LogP contribution in [-0.2, 0) is 43.1 Å².